The molecule has 2 saturated carbocycles. The van der Waals surface area contributed by atoms with E-state index in [0.717, 1.165) is 25.3 Å². The minimum atomic E-state index is 0.0775. The fraction of sp³-hybridized carbons (Fsp3) is 0.933. The van der Waals surface area contributed by atoms with Crippen molar-refractivity contribution in [1.29, 1.82) is 0 Å². The lowest BCUT2D eigenvalue weighted by Gasteiger charge is -2.32. The Kier molecular flexibility index (Phi) is 4.66. The zero-order chi connectivity index (χ0) is 13.1. The standard InChI is InChI=1S/C15H28N2O/c1-11(2)17(10-12-8-9-12)15(18)13-6-4-3-5-7-14(13)16/h11-14H,3-10,16H2,1-2H3. The van der Waals surface area contributed by atoms with Crippen LogP contribution in [0.5, 0.6) is 0 Å². The van der Waals surface area contributed by atoms with Crippen molar-refractivity contribution in [2.24, 2.45) is 17.6 Å². The van der Waals surface area contributed by atoms with Gasteiger partial charge in [0.25, 0.3) is 0 Å². The maximum atomic E-state index is 12.7. The number of hydrogen-bond donors (Lipinski definition) is 1. The van der Waals surface area contributed by atoms with E-state index in [1.165, 1.54) is 32.1 Å². The lowest BCUT2D eigenvalue weighted by Crippen LogP contribution is -2.47. The van der Waals surface area contributed by atoms with Crippen LogP contribution < -0.4 is 5.73 Å². The monoisotopic (exact) mass is 252 g/mol. The second-order valence-corrected chi connectivity index (χ2v) is 6.44. The quantitative estimate of drug-likeness (QED) is 0.782. The maximum absolute atomic E-state index is 12.7. The molecule has 0 spiro atoms. The van der Waals surface area contributed by atoms with Crippen molar-refractivity contribution < 1.29 is 4.79 Å². The van der Waals surface area contributed by atoms with Crippen LogP contribution in [0.15, 0.2) is 0 Å². The molecule has 0 aromatic heterocycles. The van der Waals surface area contributed by atoms with E-state index < -0.39 is 0 Å². The topological polar surface area (TPSA) is 46.3 Å². The minimum absolute atomic E-state index is 0.0775. The van der Waals surface area contributed by atoms with Crippen LogP contribution in [0.2, 0.25) is 0 Å². The number of nitrogens with two attached hydrogens (primary N) is 1. The number of amides is 1. The fourth-order valence-corrected chi connectivity index (χ4v) is 2.99. The molecule has 0 heterocycles. The van der Waals surface area contributed by atoms with Gasteiger partial charge < -0.3 is 10.6 Å². The van der Waals surface area contributed by atoms with Crippen LogP contribution in [0, 0.1) is 11.8 Å². The van der Waals surface area contributed by atoms with E-state index in [9.17, 15) is 4.79 Å². The number of nitrogens with zero attached hydrogens (tertiary/aromatic N) is 1. The van der Waals surface area contributed by atoms with E-state index in [1.807, 2.05) is 0 Å². The molecule has 18 heavy (non-hydrogen) atoms. The summed E-state index contributed by atoms with van der Waals surface area (Å²) in [6.07, 6.45) is 8.20. The van der Waals surface area contributed by atoms with Gasteiger partial charge in [-0.1, -0.05) is 19.3 Å². The molecule has 0 aromatic carbocycles. The second-order valence-electron chi connectivity index (χ2n) is 6.44. The van der Waals surface area contributed by atoms with Crippen LogP contribution in [0.1, 0.15) is 58.8 Å². The highest BCUT2D eigenvalue weighted by Gasteiger charge is 2.34. The van der Waals surface area contributed by atoms with Gasteiger partial charge in [0.1, 0.15) is 0 Å². The first kappa shape index (κ1) is 13.9. The number of rotatable bonds is 4. The molecule has 1 amide bonds. The Morgan fingerprint density at radius 3 is 2.44 bits per heavy atom. The highest BCUT2D eigenvalue weighted by Crippen LogP contribution is 2.32. The molecular formula is C15H28N2O. The number of carbonyl (C=O) groups excluding carboxylic acids is 1. The van der Waals surface area contributed by atoms with Gasteiger partial charge in [-0.3, -0.25) is 4.79 Å². The first-order chi connectivity index (χ1) is 8.59. The van der Waals surface area contributed by atoms with E-state index in [-0.39, 0.29) is 12.0 Å². The first-order valence-corrected chi connectivity index (χ1v) is 7.65. The molecule has 0 saturated heterocycles. The van der Waals surface area contributed by atoms with Crippen LogP contribution >= 0.6 is 0 Å². The van der Waals surface area contributed by atoms with Crippen molar-refractivity contribution >= 4 is 5.91 Å². The van der Waals surface area contributed by atoms with E-state index in [0.29, 0.717) is 11.9 Å². The van der Waals surface area contributed by atoms with E-state index in [4.69, 9.17) is 5.73 Å². The number of carbonyl (C=O) groups is 1. The van der Waals surface area contributed by atoms with Gasteiger partial charge in [0, 0.05) is 18.6 Å². The summed E-state index contributed by atoms with van der Waals surface area (Å²) < 4.78 is 0. The Bertz CT molecular complexity index is 282. The zero-order valence-corrected chi connectivity index (χ0v) is 11.9. The Labute approximate surface area is 111 Å². The van der Waals surface area contributed by atoms with E-state index >= 15 is 0 Å². The molecule has 3 nitrogen and oxygen atoms in total. The average Bonchev–Trinajstić information content (AvgIpc) is 3.12. The normalized spacial score (nSPS) is 29.1. The summed E-state index contributed by atoms with van der Waals surface area (Å²) in [5.74, 6) is 1.17. The van der Waals surface area contributed by atoms with Crippen LogP contribution in [-0.2, 0) is 4.79 Å². The third kappa shape index (κ3) is 3.47. The molecule has 2 aliphatic carbocycles. The number of hydrogen-bond acceptors (Lipinski definition) is 2. The Morgan fingerprint density at radius 1 is 1.17 bits per heavy atom. The summed E-state index contributed by atoms with van der Waals surface area (Å²) in [6.45, 7) is 5.21. The predicted molar refractivity (Wildman–Crippen MR) is 74.1 cm³/mol. The van der Waals surface area contributed by atoms with Gasteiger partial charge in [0.05, 0.1) is 5.92 Å². The van der Waals surface area contributed by atoms with Crippen LogP contribution in [0.4, 0.5) is 0 Å². The average molecular weight is 252 g/mol. The predicted octanol–water partition coefficient (Wildman–Crippen LogP) is 2.54. The zero-order valence-electron chi connectivity index (χ0n) is 11.9. The first-order valence-electron chi connectivity index (χ1n) is 7.65. The summed E-state index contributed by atoms with van der Waals surface area (Å²) in [7, 11) is 0. The molecule has 0 aromatic rings. The van der Waals surface area contributed by atoms with Crippen molar-refractivity contribution in [3.8, 4) is 0 Å². The molecule has 0 radical (unpaired) electrons. The largest absolute Gasteiger partial charge is 0.340 e. The molecule has 2 fully saturated rings. The lowest BCUT2D eigenvalue weighted by molar-refractivity contribution is -0.138. The summed E-state index contributed by atoms with van der Waals surface area (Å²) in [5.41, 5.74) is 6.22. The Balaban J connectivity index is 2.00. The Hall–Kier alpha value is -0.570. The van der Waals surface area contributed by atoms with Gasteiger partial charge in [-0.25, -0.2) is 0 Å². The van der Waals surface area contributed by atoms with Crippen molar-refractivity contribution in [2.45, 2.75) is 70.9 Å². The van der Waals surface area contributed by atoms with Gasteiger partial charge in [0.2, 0.25) is 5.91 Å². The fourth-order valence-electron chi connectivity index (χ4n) is 2.99. The molecule has 2 atom stereocenters. The smallest absolute Gasteiger partial charge is 0.227 e. The molecule has 2 rings (SSSR count). The van der Waals surface area contributed by atoms with Crippen molar-refractivity contribution in [1.82, 2.24) is 4.90 Å². The van der Waals surface area contributed by atoms with Crippen LogP contribution in [0.3, 0.4) is 0 Å². The van der Waals surface area contributed by atoms with Crippen molar-refractivity contribution in [3.63, 3.8) is 0 Å². The highest BCUT2D eigenvalue weighted by molar-refractivity contribution is 5.80. The molecule has 3 heteroatoms. The third-order valence-electron chi connectivity index (χ3n) is 4.44. The van der Waals surface area contributed by atoms with Crippen LogP contribution in [-0.4, -0.2) is 29.4 Å². The summed E-state index contributed by atoms with van der Waals surface area (Å²) in [5, 5.41) is 0. The maximum Gasteiger partial charge on any atom is 0.227 e. The minimum Gasteiger partial charge on any atom is -0.340 e. The summed E-state index contributed by atoms with van der Waals surface area (Å²) in [6, 6.07) is 0.397. The molecule has 2 aliphatic rings. The van der Waals surface area contributed by atoms with Crippen LogP contribution in [0.25, 0.3) is 0 Å². The van der Waals surface area contributed by atoms with Gasteiger partial charge >= 0.3 is 0 Å². The van der Waals surface area contributed by atoms with Gasteiger partial charge in [-0.15, -0.1) is 0 Å². The third-order valence-corrected chi connectivity index (χ3v) is 4.44. The highest BCUT2D eigenvalue weighted by atomic mass is 16.2. The molecule has 2 N–H and O–H groups in total. The van der Waals surface area contributed by atoms with E-state index in [1.54, 1.807) is 0 Å². The van der Waals surface area contributed by atoms with E-state index in [2.05, 4.69) is 18.7 Å². The lowest BCUT2D eigenvalue weighted by atomic mass is 9.93. The molecule has 2 unspecified atom stereocenters. The Morgan fingerprint density at radius 2 is 1.83 bits per heavy atom. The SMILES string of the molecule is CC(C)N(CC1CC1)C(=O)C1CCCCCC1N. The van der Waals surface area contributed by atoms with Gasteiger partial charge in [0.15, 0.2) is 0 Å². The molecular weight excluding hydrogens is 224 g/mol. The van der Waals surface area contributed by atoms with Crippen molar-refractivity contribution in [2.75, 3.05) is 6.54 Å². The van der Waals surface area contributed by atoms with Crippen molar-refractivity contribution in [3.05, 3.63) is 0 Å². The second kappa shape index (κ2) is 6.05. The molecule has 0 bridgehead atoms. The molecule has 0 aliphatic heterocycles. The summed E-state index contributed by atoms with van der Waals surface area (Å²) in [4.78, 5) is 14.8. The molecule has 104 valence electrons. The van der Waals surface area contributed by atoms with Gasteiger partial charge in [-0.2, -0.15) is 0 Å². The summed E-state index contributed by atoms with van der Waals surface area (Å²) >= 11 is 0. The van der Waals surface area contributed by atoms with Gasteiger partial charge in [-0.05, 0) is 45.4 Å².